The van der Waals surface area contributed by atoms with Gasteiger partial charge < -0.3 is 15.1 Å². The Bertz CT molecular complexity index is 847. The molecule has 136 valence electrons. The molecule has 0 fully saturated rings. The first kappa shape index (κ1) is 17.7. The fourth-order valence-electron chi connectivity index (χ4n) is 2.44. The Morgan fingerprint density at radius 2 is 2.00 bits per heavy atom. The SMILES string of the molecule is CCNC(=NCc1nncn1-c1ccccc1)NCc1nc(C)c(C)o1. The molecule has 0 saturated carbocycles. The number of rotatable bonds is 6. The van der Waals surface area contributed by atoms with Crippen molar-refractivity contribution in [3.63, 3.8) is 0 Å². The van der Waals surface area contributed by atoms with Gasteiger partial charge in [-0.3, -0.25) is 4.57 Å². The lowest BCUT2D eigenvalue weighted by Gasteiger charge is -2.10. The molecule has 0 aliphatic heterocycles. The van der Waals surface area contributed by atoms with Gasteiger partial charge in [-0.1, -0.05) is 18.2 Å². The third-order valence-electron chi connectivity index (χ3n) is 3.86. The number of nitrogens with zero attached hydrogens (tertiary/aromatic N) is 5. The van der Waals surface area contributed by atoms with Gasteiger partial charge in [-0.15, -0.1) is 10.2 Å². The van der Waals surface area contributed by atoms with Crippen LogP contribution in [0.5, 0.6) is 0 Å². The van der Waals surface area contributed by atoms with Gasteiger partial charge in [0.05, 0.1) is 12.2 Å². The molecule has 2 N–H and O–H groups in total. The number of hydrogen-bond acceptors (Lipinski definition) is 5. The second kappa shape index (κ2) is 8.28. The molecule has 0 radical (unpaired) electrons. The van der Waals surface area contributed by atoms with Crippen molar-refractivity contribution in [2.24, 2.45) is 4.99 Å². The van der Waals surface area contributed by atoms with Gasteiger partial charge in [-0.2, -0.15) is 0 Å². The summed E-state index contributed by atoms with van der Waals surface area (Å²) in [5, 5.41) is 14.6. The highest BCUT2D eigenvalue weighted by Gasteiger charge is 2.08. The standard InChI is InChI=1S/C18H23N7O/c1-4-19-18(21-11-17-23-13(2)14(3)26-17)20-10-16-24-22-12-25(16)15-8-6-5-7-9-15/h5-9,12H,4,10-11H2,1-3H3,(H2,19,20,21). The van der Waals surface area contributed by atoms with Crippen LogP contribution in [0, 0.1) is 13.8 Å². The molecule has 0 saturated heterocycles. The second-order valence-electron chi connectivity index (χ2n) is 5.75. The second-order valence-corrected chi connectivity index (χ2v) is 5.75. The Morgan fingerprint density at radius 3 is 2.69 bits per heavy atom. The van der Waals surface area contributed by atoms with Crippen LogP contribution >= 0.6 is 0 Å². The number of guanidine groups is 1. The van der Waals surface area contributed by atoms with Crippen LogP contribution in [0.15, 0.2) is 46.1 Å². The Hall–Kier alpha value is -3.16. The molecule has 0 aliphatic rings. The van der Waals surface area contributed by atoms with E-state index in [1.54, 1.807) is 6.33 Å². The van der Waals surface area contributed by atoms with E-state index in [1.807, 2.05) is 55.7 Å². The van der Waals surface area contributed by atoms with Crippen molar-refractivity contribution >= 4 is 5.96 Å². The van der Waals surface area contributed by atoms with E-state index in [1.165, 1.54) is 0 Å². The minimum atomic E-state index is 0.397. The fraction of sp³-hybridized carbons (Fsp3) is 0.333. The number of hydrogen-bond donors (Lipinski definition) is 2. The van der Waals surface area contributed by atoms with Gasteiger partial charge in [-0.25, -0.2) is 9.98 Å². The molecule has 0 atom stereocenters. The van der Waals surface area contributed by atoms with Gasteiger partial charge in [0.25, 0.3) is 0 Å². The average molecular weight is 353 g/mol. The highest BCUT2D eigenvalue weighted by atomic mass is 16.4. The molecule has 2 heterocycles. The van der Waals surface area contributed by atoms with Crippen molar-refractivity contribution in [2.75, 3.05) is 6.54 Å². The quantitative estimate of drug-likeness (QED) is 0.521. The lowest BCUT2D eigenvalue weighted by molar-refractivity contribution is 0.463. The summed E-state index contributed by atoms with van der Waals surface area (Å²) in [6.45, 7) is 7.46. The Kier molecular flexibility index (Phi) is 5.62. The van der Waals surface area contributed by atoms with Gasteiger partial charge in [0.1, 0.15) is 18.6 Å². The number of benzene rings is 1. The third kappa shape index (κ3) is 4.27. The Labute approximate surface area is 152 Å². The Morgan fingerprint density at radius 1 is 1.19 bits per heavy atom. The first-order chi connectivity index (χ1) is 12.7. The maximum atomic E-state index is 5.59. The van der Waals surface area contributed by atoms with Crippen LogP contribution < -0.4 is 10.6 Å². The van der Waals surface area contributed by atoms with Crippen molar-refractivity contribution in [1.82, 2.24) is 30.4 Å². The molecule has 3 aromatic rings. The predicted molar refractivity (Wildman–Crippen MR) is 99.0 cm³/mol. The summed E-state index contributed by atoms with van der Waals surface area (Å²) in [7, 11) is 0. The summed E-state index contributed by atoms with van der Waals surface area (Å²) >= 11 is 0. The monoisotopic (exact) mass is 353 g/mol. The molecule has 8 heteroatoms. The van der Waals surface area contributed by atoms with Crippen LogP contribution in [-0.4, -0.2) is 32.3 Å². The number of aromatic nitrogens is 4. The number of aliphatic imine (C=N–C) groups is 1. The first-order valence-electron chi connectivity index (χ1n) is 8.56. The summed E-state index contributed by atoms with van der Waals surface area (Å²) in [5.41, 5.74) is 1.91. The average Bonchev–Trinajstić information content (AvgIpc) is 3.25. The zero-order valence-electron chi connectivity index (χ0n) is 15.2. The summed E-state index contributed by atoms with van der Waals surface area (Å²) in [5.74, 6) is 2.90. The van der Waals surface area contributed by atoms with E-state index < -0.39 is 0 Å². The molecule has 2 aromatic heterocycles. The molecule has 26 heavy (non-hydrogen) atoms. The normalized spacial score (nSPS) is 11.6. The molecule has 0 unspecified atom stereocenters. The summed E-state index contributed by atoms with van der Waals surface area (Å²) in [6, 6.07) is 9.95. The highest BCUT2D eigenvalue weighted by Crippen LogP contribution is 2.10. The van der Waals surface area contributed by atoms with Crippen molar-refractivity contribution in [1.29, 1.82) is 0 Å². The van der Waals surface area contributed by atoms with E-state index in [0.29, 0.717) is 24.9 Å². The first-order valence-corrected chi connectivity index (χ1v) is 8.56. The fourth-order valence-corrected chi connectivity index (χ4v) is 2.44. The maximum Gasteiger partial charge on any atom is 0.214 e. The zero-order valence-corrected chi connectivity index (χ0v) is 15.2. The summed E-state index contributed by atoms with van der Waals surface area (Å²) < 4.78 is 7.51. The van der Waals surface area contributed by atoms with Gasteiger partial charge in [0, 0.05) is 12.2 Å². The molecule has 0 amide bonds. The van der Waals surface area contributed by atoms with Crippen LogP contribution in [0.1, 0.15) is 30.1 Å². The van der Waals surface area contributed by atoms with Gasteiger partial charge in [0.15, 0.2) is 11.8 Å². The number of oxazole rings is 1. The summed E-state index contributed by atoms with van der Waals surface area (Å²) in [4.78, 5) is 8.96. The number of nitrogens with one attached hydrogen (secondary N) is 2. The van der Waals surface area contributed by atoms with Crippen molar-refractivity contribution < 1.29 is 4.42 Å². The lowest BCUT2D eigenvalue weighted by atomic mass is 10.3. The minimum absolute atomic E-state index is 0.397. The zero-order chi connectivity index (χ0) is 18.4. The predicted octanol–water partition coefficient (Wildman–Crippen LogP) is 2.13. The smallest absolute Gasteiger partial charge is 0.214 e. The molecule has 0 aliphatic carbocycles. The number of aryl methyl sites for hydroxylation is 2. The van der Waals surface area contributed by atoms with Crippen LogP contribution in [-0.2, 0) is 13.1 Å². The van der Waals surface area contributed by atoms with Gasteiger partial charge in [0.2, 0.25) is 5.89 Å². The molecular formula is C18H23N7O. The van der Waals surface area contributed by atoms with E-state index in [9.17, 15) is 0 Å². The van der Waals surface area contributed by atoms with Gasteiger partial charge >= 0.3 is 0 Å². The largest absolute Gasteiger partial charge is 0.444 e. The van der Waals surface area contributed by atoms with Gasteiger partial charge in [-0.05, 0) is 32.9 Å². The van der Waals surface area contributed by atoms with E-state index in [-0.39, 0.29) is 0 Å². The third-order valence-corrected chi connectivity index (χ3v) is 3.86. The van der Waals surface area contributed by atoms with Crippen molar-refractivity contribution in [2.45, 2.75) is 33.9 Å². The van der Waals surface area contributed by atoms with E-state index in [2.05, 4.69) is 30.8 Å². The number of para-hydroxylation sites is 1. The van der Waals surface area contributed by atoms with Crippen LogP contribution in [0.4, 0.5) is 0 Å². The Balaban J connectivity index is 1.69. The highest BCUT2D eigenvalue weighted by molar-refractivity contribution is 5.79. The van der Waals surface area contributed by atoms with Crippen LogP contribution in [0.3, 0.4) is 0 Å². The molecular weight excluding hydrogens is 330 g/mol. The molecule has 8 nitrogen and oxygen atoms in total. The van der Waals surface area contributed by atoms with E-state index in [4.69, 9.17) is 4.42 Å². The summed E-state index contributed by atoms with van der Waals surface area (Å²) in [6.07, 6.45) is 1.69. The molecule has 3 rings (SSSR count). The van der Waals surface area contributed by atoms with Crippen LogP contribution in [0.25, 0.3) is 5.69 Å². The lowest BCUT2D eigenvalue weighted by Crippen LogP contribution is -2.37. The maximum absolute atomic E-state index is 5.59. The van der Waals surface area contributed by atoms with Crippen molar-refractivity contribution in [3.05, 3.63) is 59.8 Å². The molecule has 0 spiro atoms. The van der Waals surface area contributed by atoms with E-state index >= 15 is 0 Å². The molecule has 1 aromatic carbocycles. The minimum Gasteiger partial charge on any atom is -0.444 e. The van der Waals surface area contributed by atoms with Crippen LogP contribution in [0.2, 0.25) is 0 Å². The molecule has 0 bridgehead atoms. The topological polar surface area (TPSA) is 93.2 Å². The van der Waals surface area contributed by atoms with Crippen molar-refractivity contribution in [3.8, 4) is 5.69 Å². The van der Waals surface area contributed by atoms with E-state index in [0.717, 1.165) is 29.5 Å².